The molecular formula is C22H24N4O. The molecule has 138 valence electrons. The Kier molecular flexibility index (Phi) is 5.41. The van der Waals surface area contributed by atoms with Crippen LogP contribution in [0, 0.1) is 6.92 Å². The van der Waals surface area contributed by atoms with E-state index in [1.165, 1.54) is 0 Å². The summed E-state index contributed by atoms with van der Waals surface area (Å²) in [5.74, 6) is 1.56. The number of benzene rings is 2. The van der Waals surface area contributed by atoms with Gasteiger partial charge in [-0.3, -0.25) is 0 Å². The van der Waals surface area contributed by atoms with Crippen molar-refractivity contribution in [3.63, 3.8) is 0 Å². The van der Waals surface area contributed by atoms with Crippen molar-refractivity contribution >= 4 is 17.8 Å². The first-order valence-corrected chi connectivity index (χ1v) is 8.80. The normalized spacial score (nSPS) is 12.3. The van der Waals surface area contributed by atoms with Gasteiger partial charge in [-0.25, -0.2) is 4.98 Å². The third kappa shape index (κ3) is 4.26. The zero-order valence-corrected chi connectivity index (χ0v) is 15.8. The number of anilines is 2. The molecule has 1 unspecified atom stereocenters. The molecule has 3 aromatic rings. The number of aromatic nitrogens is 2. The molecule has 0 aliphatic carbocycles. The van der Waals surface area contributed by atoms with Gasteiger partial charge in [-0.05, 0) is 41.7 Å². The summed E-state index contributed by atoms with van der Waals surface area (Å²) in [5.41, 5.74) is 16.6. The fourth-order valence-corrected chi connectivity index (χ4v) is 2.98. The van der Waals surface area contributed by atoms with Crippen molar-refractivity contribution in [2.45, 2.75) is 19.8 Å². The molecule has 0 fully saturated rings. The molecule has 1 atom stereocenters. The predicted molar refractivity (Wildman–Crippen MR) is 111 cm³/mol. The second-order valence-corrected chi connectivity index (χ2v) is 6.47. The summed E-state index contributed by atoms with van der Waals surface area (Å²) in [6.45, 7) is 4.00. The molecule has 2 aromatic carbocycles. The standard InChI is InChI=1S/C22H24N4O/c1-14(9-10-20-15(2)25-22(24)26-21(20)23)17-11-18(13-19(12-17)27-3)16-7-5-4-6-8-16/h4-14H,1-3H3,(H4,23,24,25,26). The fourth-order valence-electron chi connectivity index (χ4n) is 2.98. The molecule has 0 radical (unpaired) electrons. The van der Waals surface area contributed by atoms with Crippen LogP contribution in [0.15, 0.2) is 54.6 Å². The summed E-state index contributed by atoms with van der Waals surface area (Å²) < 4.78 is 5.50. The number of ether oxygens (including phenoxy) is 1. The van der Waals surface area contributed by atoms with E-state index in [-0.39, 0.29) is 11.9 Å². The van der Waals surface area contributed by atoms with Crippen LogP contribution in [0.25, 0.3) is 17.2 Å². The van der Waals surface area contributed by atoms with Crippen LogP contribution < -0.4 is 16.2 Å². The third-order valence-electron chi connectivity index (χ3n) is 4.53. The third-order valence-corrected chi connectivity index (χ3v) is 4.53. The SMILES string of the molecule is COc1cc(-c2ccccc2)cc(C(C)C=Cc2c(C)nc(N)nc2N)c1. The maximum absolute atomic E-state index is 5.99. The number of hydrogen-bond donors (Lipinski definition) is 2. The van der Waals surface area contributed by atoms with Crippen molar-refractivity contribution < 1.29 is 4.74 Å². The molecule has 0 saturated heterocycles. The van der Waals surface area contributed by atoms with Crippen molar-refractivity contribution in [3.05, 3.63) is 71.4 Å². The maximum Gasteiger partial charge on any atom is 0.222 e. The number of nitrogens with zero attached hydrogens (tertiary/aromatic N) is 2. The Balaban J connectivity index is 1.94. The predicted octanol–water partition coefficient (Wildman–Crippen LogP) is 4.44. The number of nitrogens with two attached hydrogens (primary N) is 2. The summed E-state index contributed by atoms with van der Waals surface area (Å²) in [5, 5.41) is 0. The van der Waals surface area contributed by atoms with Crippen molar-refractivity contribution in [2.75, 3.05) is 18.6 Å². The molecule has 1 aromatic heterocycles. The van der Waals surface area contributed by atoms with Gasteiger partial charge >= 0.3 is 0 Å². The number of methoxy groups -OCH3 is 1. The molecular weight excluding hydrogens is 336 g/mol. The smallest absolute Gasteiger partial charge is 0.222 e. The molecule has 3 rings (SSSR count). The highest BCUT2D eigenvalue weighted by Crippen LogP contribution is 2.30. The first kappa shape index (κ1) is 18.5. The van der Waals surface area contributed by atoms with Crippen LogP contribution >= 0.6 is 0 Å². The Morgan fingerprint density at radius 3 is 2.41 bits per heavy atom. The van der Waals surface area contributed by atoms with E-state index in [2.05, 4.69) is 47.2 Å². The lowest BCUT2D eigenvalue weighted by atomic mass is 9.95. The van der Waals surface area contributed by atoms with Gasteiger partial charge in [-0.2, -0.15) is 4.98 Å². The van der Waals surface area contributed by atoms with E-state index in [0.717, 1.165) is 33.7 Å². The van der Waals surface area contributed by atoms with Crippen LogP contribution in [-0.2, 0) is 0 Å². The van der Waals surface area contributed by atoms with Crippen LogP contribution in [0.2, 0.25) is 0 Å². The van der Waals surface area contributed by atoms with Crippen molar-refractivity contribution in [3.8, 4) is 16.9 Å². The van der Waals surface area contributed by atoms with E-state index in [1.807, 2.05) is 37.3 Å². The van der Waals surface area contributed by atoms with Gasteiger partial charge in [0.05, 0.1) is 12.8 Å². The quantitative estimate of drug-likeness (QED) is 0.702. The Labute approximate surface area is 159 Å². The summed E-state index contributed by atoms with van der Waals surface area (Å²) in [6, 6.07) is 16.5. The summed E-state index contributed by atoms with van der Waals surface area (Å²) in [7, 11) is 1.68. The Morgan fingerprint density at radius 1 is 1.00 bits per heavy atom. The van der Waals surface area contributed by atoms with Crippen molar-refractivity contribution in [1.82, 2.24) is 9.97 Å². The highest BCUT2D eigenvalue weighted by Gasteiger charge is 2.10. The maximum atomic E-state index is 5.99. The number of nitrogen functional groups attached to an aromatic ring is 2. The minimum absolute atomic E-state index is 0.152. The van der Waals surface area contributed by atoms with Crippen molar-refractivity contribution in [1.29, 1.82) is 0 Å². The van der Waals surface area contributed by atoms with Crippen LogP contribution in [0.1, 0.15) is 29.7 Å². The van der Waals surface area contributed by atoms with E-state index in [9.17, 15) is 0 Å². The second kappa shape index (κ2) is 7.91. The molecule has 0 amide bonds. The molecule has 1 heterocycles. The summed E-state index contributed by atoms with van der Waals surface area (Å²) >= 11 is 0. The lowest BCUT2D eigenvalue weighted by Crippen LogP contribution is -2.04. The molecule has 4 N–H and O–H groups in total. The highest BCUT2D eigenvalue weighted by atomic mass is 16.5. The van der Waals surface area contributed by atoms with Gasteiger partial charge in [0.1, 0.15) is 11.6 Å². The molecule has 27 heavy (non-hydrogen) atoms. The average Bonchev–Trinajstić information content (AvgIpc) is 2.67. The van der Waals surface area contributed by atoms with Gasteiger partial charge in [0, 0.05) is 5.56 Å². The van der Waals surface area contributed by atoms with Crippen LogP contribution in [0.4, 0.5) is 11.8 Å². The van der Waals surface area contributed by atoms with E-state index in [1.54, 1.807) is 7.11 Å². The van der Waals surface area contributed by atoms with E-state index in [0.29, 0.717) is 5.82 Å². The monoisotopic (exact) mass is 360 g/mol. The minimum Gasteiger partial charge on any atom is -0.497 e. The number of hydrogen-bond acceptors (Lipinski definition) is 5. The fraction of sp³-hybridized carbons (Fsp3) is 0.182. The number of allylic oxidation sites excluding steroid dienone is 1. The summed E-state index contributed by atoms with van der Waals surface area (Å²) in [4.78, 5) is 8.22. The van der Waals surface area contributed by atoms with Gasteiger partial charge in [0.15, 0.2) is 0 Å². The molecule has 0 aliphatic rings. The number of aryl methyl sites for hydroxylation is 1. The van der Waals surface area contributed by atoms with Gasteiger partial charge in [0.25, 0.3) is 0 Å². The first-order valence-electron chi connectivity index (χ1n) is 8.80. The second-order valence-electron chi connectivity index (χ2n) is 6.47. The molecule has 0 saturated carbocycles. The first-order chi connectivity index (χ1) is 13.0. The topological polar surface area (TPSA) is 87.0 Å². The zero-order valence-electron chi connectivity index (χ0n) is 15.8. The average molecular weight is 360 g/mol. The van der Waals surface area contributed by atoms with Gasteiger partial charge in [0.2, 0.25) is 5.95 Å². The van der Waals surface area contributed by atoms with Crippen LogP contribution in [0.3, 0.4) is 0 Å². The van der Waals surface area contributed by atoms with Crippen molar-refractivity contribution in [2.24, 2.45) is 0 Å². The van der Waals surface area contributed by atoms with Crippen LogP contribution in [0.5, 0.6) is 5.75 Å². The molecule has 5 heteroatoms. The largest absolute Gasteiger partial charge is 0.497 e. The number of rotatable bonds is 5. The molecule has 5 nitrogen and oxygen atoms in total. The minimum atomic E-state index is 0.152. The van der Waals surface area contributed by atoms with E-state index in [4.69, 9.17) is 16.2 Å². The van der Waals surface area contributed by atoms with E-state index < -0.39 is 0 Å². The lowest BCUT2D eigenvalue weighted by Gasteiger charge is -2.13. The van der Waals surface area contributed by atoms with Crippen LogP contribution in [-0.4, -0.2) is 17.1 Å². The lowest BCUT2D eigenvalue weighted by molar-refractivity contribution is 0.414. The Morgan fingerprint density at radius 2 is 1.74 bits per heavy atom. The Hall–Kier alpha value is -3.34. The molecule has 0 aliphatic heterocycles. The van der Waals surface area contributed by atoms with E-state index >= 15 is 0 Å². The molecule has 0 spiro atoms. The molecule has 0 bridgehead atoms. The zero-order chi connectivity index (χ0) is 19.4. The summed E-state index contributed by atoms with van der Waals surface area (Å²) in [6.07, 6.45) is 4.04. The highest BCUT2D eigenvalue weighted by molar-refractivity contribution is 5.68. The Bertz CT molecular complexity index is 944. The van der Waals surface area contributed by atoms with Gasteiger partial charge in [-0.1, -0.05) is 55.5 Å². The van der Waals surface area contributed by atoms with Gasteiger partial charge in [-0.15, -0.1) is 0 Å². The van der Waals surface area contributed by atoms with Gasteiger partial charge < -0.3 is 16.2 Å².